The van der Waals surface area contributed by atoms with Crippen molar-refractivity contribution >= 4 is 27.6 Å². The van der Waals surface area contributed by atoms with Crippen molar-refractivity contribution in [3.8, 4) is 11.3 Å². The van der Waals surface area contributed by atoms with E-state index in [-0.39, 0.29) is 11.3 Å². The minimum absolute atomic E-state index is 0.0676. The largest absolute Gasteiger partial charge is 0.481 e. The van der Waals surface area contributed by atoms with E-state index in [4.69, 9.17) is 16.7 Å². The normalized spacial score (nSPS) is 12.7. The van der Waals surface area contributed by atoms with Crippen LogP contribution in [0.5, 0.6) is 0 Å². The number of halogens is 1. The van der Waals surface area contributed by atoms with Crippen LogP contribution in [0.1, 0.15) is 17.2 Å². The van der Waals surface area contributed by atoms with Crippen molar-refractivity contribution in [2.24, 2.45) is 5.14 Å². The average molecular weight is 406 g/mol. The summed E-state index contributed by atoms with van der Waals surface area (Å²) in [5.74, 6) is -1.89. The molecule has 27 heavy (non-hydrogen) atoms. The van der Waals surface area contributed by atoms with E-state index in [1.807, 2.05) is 12.1 Å². The van der Waals surface area contributed by atoms with E-state index in [0.717, 1.165) is 5.56 Å². The molecule has 0 spiro atoms. The van der Waals surface area contributed by atoms with Crippen LogP contribution in [-0.4, -0.2) is 29.7 Å². The van der Waals surface area contributed by atoms with Crippen LogP contribution in [0.2, 0.25) is 5.02 Å². The van der Waals surface area contributed by atoms with Crippen LogP contribution in [0.4, 0.5) is 0 Å². The highest BCUT2D eigenvalue weighted by molar-refractivity contribution is 7.89. The summed E-state index contributed by atoms with van der Waals surface area (Å²) in [7, 11) is -3.83. The second-order valence-electron chi connectivity index (χ2n) is 5.99. The predicted octanol–water partition coefficient (Wildman–Crippen LogP) is 2.79. The van der Waals surface area contributed by atoms with Crippen LogP contribution in [0.25, 0.3) is 11.3 Å². The third kappa shape index (κ3) is 4.54. The van der Waals surface area contributed by atoms with Crippen LogP contribution in [0, 0.1) is 0 Å². The molecule has 0 fully saturated rings. The number of nitrogens with one attached hydrogen (secondary N) is 1. The first-order chi connectivity index (χ1) is 12.7. The molecule has 0 radical (unpaired) electrons. The second kappa shape index (κ2) is 7.51. The predicted molar refractivity (Wildman–Crippen MR) is 101 cm³/mol. The lowest BCUT2D eigenvalue weighted by molar-refractivity contribution is -0.138. The zero-order valence-corrected chi connectivity index (χ0v) is 15.5. The first-order valence-electron chi connectivity index (χ1n) is 7.90. The molecule has 9 heteroatoms. The van der Waals surface area contributed by atoms with E-state index in [0.29, 0.717) is 22.0 Å². The molecule has 0 saturated heterocycles. The smallest absolute Gasteiger partial charge is 0.311 e. The number of sulfonamides is 1. The highest BCUT2D eigenvalue weighted by Gasteiger charge is 2.22. The number of H-pyrrole nitrogens is 1. The Morgan fingerprint density at radius 3 is 2.33 bits per heavy atom. The molecule has 0 aliphatic carbocycles. The Bertz CT molecular complexity index is 1060. The molecule has 3 rings (SSSR count). The minimum Gasteiger partial charge on any atom is -0.481 e. The number of rotatable bonds is 6. The summed E-state index contributed by atoms with van der Waals surface area (Å²) in [6.07, 6.45) is 0.171. The van der Waals surface area contributed by atoms with Crippen LogP contribution in [-0.2, 0) is 21.2 Å². The Balaban J connectivity index is 1.83. The van der Waals surface area contributed by atoms with Gasteiger partial charge in [0.05, 0.1) is 16.5 Å². The third-order valence-electron chi connectivity index (χ3n) is 4.10. The van der Waals surface area contributed by atoms with E-state index in [1.54, 1.807) is 18.2 Å². The molecule has 0 bridgehead atoms. The number of nitrogens with two attached hydrogens (primary N) is 1. The zero-order valence-electron chi connectivity index (χ0n) is 14.0. The molecule has 7 nitrogen and oxygen atoms in total. The van der Waals surface area contributed by atoms with Gasteiger partial charge in [0, 0.05) is 22.7 Å². The summed E-state index contributed by atoms with van der Waals surface area (Å²) < 4.78 is 22.7. The van der Waals surface area contributed by atoms with Gasteiger partial charge in [0.1, 0.15) is 0 Å². The Morgan fingerprint density at radius 2 is 1.78 bits per heavy atom. The minimum atomic E-state index is -3.83. The maximum atomic E-state index is 11.7. The Hall–Kier alpha value is -2.68. The van der Waals surface area contributed by atoms with Gasteiger partial charge < -0.3 is 5.11 Å². The summed E-state index contributed by atoms with van der Waals surface area (Å²) in [6, 6.07) is 14.4. The average Bonchev–Trinajstić information content (AvgIpc) is 3.08. The number of hydrogen-bond acceptors (Lipinski definition) is 4. The number of carboxylic acid groups (broad SMARTS) is 1. The third-order valence-corrected chi connectivity index (χ3v) is 5.29. The Morgan fingerprint density at radius 1 is 1.15 bits per heavy atom. The molecule has 1 heterocycles. The van der Waals surface area contributed by atoms with Gasteiger partial charge in [-0.15, -0.1) is 0 Å². The summed E-state index contributed by atoms with van der Waals surface area (Å²) >= 11 is 5.88. The molecule has 140 valence electrons. The van der Waals surface area contributed by atoms with Gasteiger partial charge in [-0.3, -0.25) is 9.89 Å². The Labute approximate surface area is 160 Å². The molecular formula is C18H16ClN3O4S. The lowest BCUT2D eigenvalue weighted by Gasteiger charge is -2.12. The topological polar surface area (TPSA) is 126 Å². The van der Waals surface area contributed by atoms with Crippen molar-refractivity contribution in [1.29, 1.82) is 0 Å². The van der Waals surface area contributed by atoms with Crippen molar-refractivity contribution in [2.45, 2.75) is 17.2 Å². The standard InChI is InChI=1S/C18H16ClN3O4S/c19-13-5-1-12(2-6-13)17-10-14(21-22-17)9-16(18(23)24)11-3-7-15(8-4-11)27(20,25)26/h1-8,10,16H,9H2,(H,21,22)(H,23,24)(H2,20,25,26). The molecule has 0 amide bonds. The summed E-state index contributed by atoms with van der Waals surface area (Å²) in [6.45, 7) is 0. The van der Waals surface area contributed by atoms with Crippen molar-refractivity contribution < 1.29 is 18.3 Å². The number of nitrogens with zero attached hydrogens (tertiary/aromatic N) is 1. The maximum absolute atomic E-state index is 11.7. The van der Waals surface area contributed by atoms with Crippen LogP contribution in [0.3, 0.4) is 0 Å². The number of primary sulfonamides is 1. The number of benzene rings is 2. The second-order valence-corrected chi connectivity index (χ2v) is 7.99. The quantitative estimate of drug-likeness (QED) is 0.581. The van der Waals surface area contributed by atoms with Crippen LogP contribution in [0.15, 0.2) is 59.5 Å². The van der Waals surface area contributed by atoms with Crippen LogP contribution < -0.4 is 5.14 Å². The lowest BCUT2D eigenvalue weighted by Crippen LogP contribution is -2.16. The fourth-order valence-corrected chi connectivity index (χ4v) is 3.33. The number of aromatic amines is 1. The summed E-state index contributed by atoms with van der Waals surface area (Å²) in [5, 5.41) is 22.3. The van der Waals surface area contributed by atoms with Crippen molar-refractivity contribution in [3.05, 3.63) is 70.9 Å². The SMILES string of the molecule is NS(=O)(=O)c1ccc(C(Cc2cc(-c3ccc(Cl)cc3)n[nH]2)C(=O)O)cc1. The molecule has 1 atom stereocenters. The zero-order chi connectivity index (χ0) is 19.6. The van der Waals surface area contributed by atoms with E-state index < -0.39 is 21.9 Å². The molecule has 2 aromatic carbocycles. The van der Waals surface area contributed by atoms with Gasteiger partial charge in [-0.1, -0.05) is 35.9 Å². The number of carboxylic acids is 1. The lowest BCUT2D eigenvalue weighted by atomic mass is 9.94. The van der Waals surface area contributed by atoms with Crippen molar-refractivity contribution in [1.82, 2.24) is 10.2 Å². The molecule has 0 saturated carbocycles. The van der Waals surface area contributed by atoms with E-state index in [9.17, 15) is 18.3 Å². The summed E-state index contributed by atoms with van der Waals surface area (Å²) in [4.78, 5) is 11.6. The maximum Gasteiger partial charge on any atom is 0.311 e. The van der Waals surface area contributed by atoms with Gasteiger partial charge in [-0.25, -0.2) is 13.6 Å². The molecule has 4 N–H and O–H groups in total. The van der Waals surface area contributed by atoms with Crippen molar-refractivity contribution in [2.75, 3.05) is 0 Å². The highest BCUT2D eigenvalue weighted by atomic mass is 35.5. The fraction of sp³-hybridized carbons (Fsp3) is 0.111. The monoisotopic (exact) mass is 405 g/mol. The number of carbonyl (C=O) groups is 1. The number of hydrogen-bond donors (Lipinski definition) is 3. The van der Waals surface area contributed by atoms with E-state index >= 15 is 0 Å². The van der Waals surface area contributed by atoms with E-state index in [2.05, 4.69) is 10.2 Å². The highest BCUT2D eigenvalue weighted by Crippen LogP contribution is 2.25. The number of aromatic nitrogens is 2. The Kier molecular flexibility index (Phi) is 5.31. The molecular weight excluding hydrogens is 390 g/mol. The summed E-state index contributed by atoms with van der Waals surface area (Å²) in [5.41, 5.74) is 2.64. The van der Waals surface area contributed by atoms with Crippen molar-refractivity contribution in [3.63, 3.8) is 0 Å². The molecule has 1 unspecified atom stereocenters. The fourth-order valence-electron chi connectivity index (χ4n) is 2.69. The first-order valence-corrected chi connectivity index (χ1v) is 9.82. The molecule has 0 aliphatic rings. The molecule has 3 aromatic rings. The van der Waals surface area contributed by atoms with Gasteiger partial charge in [0.25, 0.3) is 0 Å². The van der Waals surface area contributed by atoms with Gasteiger partial charge in [0.15, 0.2) is 0 Å². The first kappa shape index (κ1) is 19.1. The number of aliphatic carboxylic acids is 1. The van der Waals surface area contributed by atoms with Gasteiger partial charge in [-0.2, -0.15) is 5.10 Å². The van der Waals surface area contributed by atoms with Gasteiger partial charge in [0.2, 0.25) is 10.0 Å². The van der Waals surface area contributed by atoms with Crippen LogP contribution >= 0.6 is 11.6 Å². The molecule has 1 aromatic heterocycles. The van der Waals surface area contributed by atoms with Gasteiger partial charge in [-0.05, 0) is 35.9 Å². The van der Waals surface area contributed by atoms with Gasteiger partial charge >= 0.3 is 5.97 Å². The van der Waals surface area contributed by atoms with E-state index in [1.165, 1.54) is 24.3 Å². The molecule has 0 aliphatic heterocycles.